The van der Waals surface area contributed by atoms with E-state index >= 15 is 4.39 Å². The normalized spacial score (nSPS) is 17.0. The van der Waals surface area contributed by atoms with E-state index in [9.17, 15) is 89.5 Å². The highest BCUT2D eigenvalue weighted by Gasteiger charge is 2.40. The summed E-state index contributed by atoms with van der Waals surface area (Å²) in [6, 6.07) is 15.5. The van der Waals surface area contributed by atoms with Crippen LogP contribution in [0.3, 0.4) is 0 Å². The van der Waals surface area contributed by atoms with E-state index in [-0.39, 0.29) is 198 Å². The van der Waals surface area contributed by atoms with Crippen LogP contribution in [0, 0.1) is 136 Å². The predicted molar refractivity (Wildman–Crippen MR) is 526 cm³/mol. The lowest BCUT2D eigenvalue weighted by Gasteiger charge is -2.24. The van der Waals surface area contributed by atoms with Crippen LogP contribution >= 0.6 is 58.0 Å². The summed E-state index contributed by atoms with van der Waals surface area (Å²) < 4.78 is 101. The Balaban J connectivity index is 0.000000176. The summed E-state index contributed by atoms with van der Waals surface area (Å²) in [4.78, 5) is 198. The van der Waals surface area contributed by atoms with E-state index in [1.807, 2.05) is 55.4 Å². The molecule has 5 amide bonds. The van der Waals surface area contributed by atoms with Gasteiger partial charge in [0.25, 0.3) is 29.5 Å². The third-order valence-corrected chi connectivity index (χ3v) is 23.5. The Labute approximate surface area is 861 Å². The number of carbonyl (C=O) groups excluding carboxylic acids is 15. The molecular weight excluding hydrogens is 2050 g/mol. The average molecular weight is 2130 g/mol. The number of hydrazone groups is 5. The largest absolute Gasteiger partial charge is 0.439 e. The Morgan fingerprint density at radius 2 is 0.534 bits per heavy atom. The number of nitrogens with zero attached hydrogens (tertiary/aromatic N) is 20. The zero-order valence-corrected chi connectivity index (χ0v) is 83.6. The molecule has 0 bridgehead atoms. The number of anilines is 5. The van der Waals surface area contributed by atoms with Gasteiger partial charge in [-0.1, -0.05) is 127 Å². The van der Waals surface area contributed by atoms with Crippen LogP contribution in [-0.4, -0.2) is 178 Å². The number of carbonyl (C=O) groups is 15. The van der Waals surface area contributed by atoms with Crippen LogP contribution in [0.4, 0.5) is 50.4 Å². The highest BCUT2D eigenvalue weighted by atomic mass is 35.5. The molecule has 0 radical (unpaired) electrons. The van der Waals surface area contributed by atoms with Crippen molar-refractivity contribution in [3.8, 4) is 59.1 Å². The summed E-state index contributed by atoms with van der Waals surface area (Å²) in [5.41, 5.74) is 0.408. The van der Waals surface area contributed by atoms with Crippen molar-refractivity contribution in [1.82, 2.24) is 0 Å². The number of benzene rings is 5. The van der Waals surface area contributed by atoms with E-state index in [1.54, 1.807) is 64.1 Å². The van der Waals surface area contributed by atoms with Gasteiger partial charge in [0.15, 0.2) is 75.3 Å². The second-order valence-electron chi connectivity index (χ2n) is 33.9. The molecule has 10 aliphatic heterocycles. The first kappa shape index (κ1) is 111. The highest BCUT2D eigenvalue weighted by Crippen LogP contribution is 2.46. The van der Waals surface area contributed by atoms with Gasteiger partial charge in [0.2, 0.25) is 92.7 Å². The molecule has 0 aromatic heterocycles. The van der Waals surface area contributed by atoms with Crippen LogP contribution in [0.5, 0.6) is 28.7 Å². The van der Waals surface area contributed by atoms with Crippen molar-refractivity contribution in [2.75, 3.05) is 57.8 Å². The Kier molecular flexibility index (Phi) is 35.6. The molecule has 5 aromatic carbocycles. The van der Waals surface area contributed by atoms with Crippen molar-refractivity contribution in [1.29, 1.82) is 26.3 Å². The number of dihydropyridines is 5. The first-order valence-electron chi connectivity index (χ1n) is 43.9. The van der Waals surface area contributed by atoms with Gasteiger partial charge in [-0.2, -0.15) is 66.7 Å². The molecule has 0 atom stereocenters. The van der Waals surface area contributed by atoms with Gasteiger partial charge in [-0.15, -0.1) is 10.2 Å². The van der Waals surface area contributed by atoms with Crippen LogP contribution in [0.25, 0.3) is 0 Å². The number of aliphatic imine (C=N–C) groups is 5. The molecule has 5 aromatic rings. The van der Waals surface area contributed by atoms with Gasteiger partial charge in [-0.25, -0.2) is 46.9 Å². The molecule has 758 valence electrons. The van der Waals surface area contributed by atoms with Crippen LogP contribution in [0.2, 0.25) is 25.1 Å². The van der Waals surface area contributed by atoms with Gasteiger partial charge < -0.3 is 23.7 Å². The van der Waals surface area contributed by atoms with Gasteiger partial charge in [-0.05, 0) is 85.8 Å². The van der Waals surface area contributed by atoms with Crippen LogP contribution in [0.15, 0.2) is 151 Å². The molecule has 0 spiro atoms. The lowest BCUT2D eigenvalue weighted by molar-refractivity contribution is -0.126. The number of halogens is 10. The first-order chi connectivity index (χ1) is 69.8. The van der Waals surface area contributed by atoms with Gasteiger partial charge >= 0.3 is 0 Å². The van der Waals surface area contributed by atoms with Crippen LogP contribution in [-0.2, 0) is 71.9 Å². The standard InChI is InChI=1S/C21H19FN4O4.C20H16Cl2N4O4.C19H13Cl2FN4O4.C19H14ClFN4O4.C19H14F2N4O4/c1-10(2)13-6-18(24-9-17(13)28)30-21-11(3)5-15(20(22)12(21)4)26-19(29)7-16(27)14(8-23)25-26;1-9(2)11-4-17(24-8-16(11)28)30-20-12(21)5-14(10(3)19(20)22)26-18(29)6-15(27)13(7-23)25-26;1-8(2)9-3-15(24-7-14(9)28)30-19-10(20)4-12(18(22)17(19)21)26-16(29)5-13(27)11(6-23)25-26;2*1-9(2)11-5-17(23-8-16(11)27)29-19-12(20)3-10(4-13(19)21)25-18(28)6-15(26)14(7-22)24-25/h5-6,10H,7,9H2,1-4H3;4-5,9H,6,8H2,1-3H3;3-4,8H,5,7H2,1-2H3;2*3-5,9H,6,8H2,1-2H3. The number of Topliss-reactive ketones (excluding diaryl/α,β-unsaturated/α-hetero) is 10. The van der Waals surface area contributed by atoms with Gasteiger partial charge in [0.05, 0.1) is 69.3 Å². The number of amides is 5. The highest BCUT2D eigenvalue weighted by molar-refractivity contribution is 6.53. The molecule has 0 fully saturated rings. The minimum atomic E-state index is -1.16. The molecule has 0 saturated heterocycles. The van der Waals surface area contributed by atoms with Crippen molar-refractivity contribution in [3.05, 3.63) is 172 Å². The number of aryl methyl sites for hydroxylation is 1. The first-order valence-corrected chi connectivity index (χ1v) is 45.8. The molecule has 0 unspecified atom stereocenters. The summed E-state index contributed by atoms with van der Waals surface area (Å²) in [7, 11) is 0. The zero-order chi connectivity index (χ0) is 109. The number of ether oxygens (including phenoxy) is 5. The number of hydrogen-bond donors (Lipinski definition) is 0. The molecule has 10 aliphatic rings. The number of rotatable bonds is 15. The van der Waals surface area contributed by atoms with Crippen molar-refractivity contribution in [2.24, 2.45) is 80.1 Å². The fraction of sp³-hybridized carbons (Fsp3) is 0.286. The van der Waals surface area contributed by atoms with Crippen LogP contribution < -0.4 is 48.7 Å². The van der Waals surface area contributed by atoms with Crippen molar-refractivity contribution in [3.63, 3.8) is 0 Å². The van der Waals surface area contributed by atoms with E-state index in [4.69, 9.17) is 108 Å². The third kappa shape index (κ3) is 25.2. The monoisotopic (exact) mass is 2120 g/mol. The topological polar surface area (TPSA) is 561 Å². The molecule has 0 N–H and O–H groups in total. The second-order valence-corrected chi connectivity index (χ2v) is 35.9. The van der Waals surface area contributed by atoms with E-state index in [0.717, 1.165) is 39.3 Å². The number of hydrogen-bond acceptors (Lipinski definition) is 35. The summed E-state index contributed by atoms with van der Waals surface area (Å²) in [5.74, 6) is -14.1. The summed E-state index contributed by atoms with van der Waals surface area (Å²) in [6.45, 7) is 22.7. The van der Waals surface area contributed by atoms with Crippen LogP contribution in [0.1, 0.15) is 118 Å². The molecule has 148 heavy (non-hydrogen) atoms. The Morgan fingerprint density at radius 1 is 0.291 bits per heavy atom. The molecule has 0 saturated carbocycles. The average Bonchev–Trinajstić information content (AvgIpc) is 0.793. The van der Waals surface area contributed by atoms with Gasteiger partial charge in [0.1, 0.15) is 85.2 Å². The quantitative estimate of drug-likeness (QED) is 0.0533. The molecular formula is C98H76Cl5F5N20O20. The van der Waals surface area contributed by atoms with Crippen molar-refractivity contribution in [2.45, 2.75) is 122 Å². The Hall–Kier alpha value is -16.9. The molecule has 0 aliphatic carbocycles. The van der Waals surface area contributed by atoms with E-state index < -0.39 is 159 Å². The Morgan fingerprint density at radius 3 is 0.838 bits per heavy atom. The summed E-state index contributed by atoms with van der Waals surface area (Å²) in [6.07, 6.45) is 4.41. The predicted octanol–water partition coefficient (Wildman–Crippen LogP) is 14.0. The van der Waals surface area contributed by atoms with Crippen molar-refractivity contribution < 1.29 is 118 Å². The fourth-order valence-electron chi connectivity index (χ4n) is 14.3. The van der Waals surface area contributed by atoms with Gasteiger partial charge in [0, 0.05) is 82.0 Å². The van der Waals surface area contributed by atoms with Crippen molar-refractivity contribution >= 4 is 232 Å². The third-order valence-electron chi connectivity index (χ3n) is 21.9. The second kappa shape index (κ2) is 47.3. The van der Waals surface area contributed by atoms with Gasteiger partial charge in [-0.3, -0.25) is 71.9 Å². The fourth-order valence-corrected chi connectivity index (χ4v) is 15.6. The van der Waals surface area contributed by atoms with E-state index in [1.165, 1.54) is 49.4 Å². The summed E-state index contributed by atoms with van der Waals surface area (Å²) >= 11 is 31.2. The maximum Gasteiger partial charge on any atom is 0.255 e. The molecule has 50 heteroatoms. The Bertz CT molecular complexity index is 6860. The number of ketones is 10. The lowest BCUT2D eigenvalue weighted by atomic mass is 9.97. The maximum absolute atomic E-state index is 15.1. The van der Waals surface area contributed by atoms with E-state index in [2.05, 4.69) is 50.5 Å². The van der Waals surface area contributed by atoms with E-state index in [0.29, 0.717) is 49.0 Å². The molecule has 40 nitrogen and oxygen atoms in total. The lowest BCUT2D eigenvalue weighted by Crippen LogP contribution is -2.37. The molecule has 15 rings (SSSR count). The SMILES string of the molecule is CC(C)C1=CC(Oc2c(Cl)cc(N3N=C(C#N)C(=O)CC3=O)c(F)c2Cl)=NCC1=O.CC(C)C1=CC(Oc2c(F)cc(N3N=C(C#N)C(=O)CC3=O)cc2Cl)=NCC1=O.CC(C)C1=CC(Oc2c(F)cc(N3N=C(C#N)C(=O)CC3=O)cc2F)=NCC1=O.Cc1c(N2N=C(C#N)C(=O)CC2=O)cc(Cl)c(OC2=NCC(=O)C(C(C)C)=C2)c1Cl.Cc1cc(N2N=C(C#N)C(=O)CC2=O)c(F)c(C)c1OC1=NCC(=O)C(C(C)C)=C1. The minimum absolute atomic E-state index is 0.00155. The zero-order valence-electron chi connectivity index (χ0n) is 79.8. The molecule has 10 heterocycles. The smallest absolute Gasteiger partial charge is 0.255 e. The summed E-state index contributed by atoms with van der Waals surface area (Å²) in [5, 5.41) is 65.9. The number of nitriles is 5. The maximum atomic E-state index is 15.1. The minimum Gasteiger partial charge on any atom is -0.439 e.